The third kappa shape index (κ3) is 46.8. The van der Waals surface area contributed by atoms with Crippen molar-refractivity contribution in [2.45, 2.75) is 264 Å². The van der Waals surface area contributed by atoms with Gasteiger partial charge >= 0.3 is 25.7 Å². The Labute approximate surface area is 403 Å². The second kappa shape index (κ2) is 49.1. The van der Waals surface area contributed by atoms with Crippen molar-refractivity contribution in [1.29, 1.82) is 0 Å². The van der Waals surface area contributed by atoms with Crippen molar-refractivity contribution in [2.75, 3.05) is 26.4 Å². The number of carbonyl (C=O) groups is 3. The summed E-state index contributed by atoms with van der Waals surface area (Å²) in [5.74, 6) is -1.47. The molecule has 0 aromatic heterocycles. The predicted octanol–water partition coefficient (Wildman–Crippen LogP) is 15.3. The molecule has 0 radical (unpaired) electrons. The van der Waals surface area contributed by atoms with E-state index in [4.69, 9.17) is 23.3 Å². The van der Waals surface area contributed by atoms with E-state index < -0.39 is 57.8 Å². The minimum absolute atomic E-state index is 0.152. The summed E-state index contributed by atoms with van der Waals surface area (Å²) in [6.07, 6.45) is 48.2. The molecule has 0 bridgehead atoms. The van der Waals surface area contributed by atoms with Crippen LogP contribution in [0.4, 0.5) is 0 Å². The number of rotatable bonds is 50. The number of phosphoric acid groups is 1. The highest BCUT2D eigenvalue weighted by Crippen LogP contribution is 2.43. The zero-order valence-corrected chi connectivity index (χ0v) is 43.3. The number of esters is 3. The van der Waals surface area contributed by atoms with Crippen LogP contribution in [0.15, 0.2) is 36.5 Å². The fourth-order valence-corrected chi connectivity index (χ4v) is 8.27. The standard InChI is InChI=1S/C54H99O11P/c1-4-7-10-13-16-19-22-24-25-27-30-33-36-39-42-45-54(58)65-51(47-61-52(56)43-40-37-34-31-28-21-18-15-12-9-6-3)49-63-66(59,60)62-48-50(46-55)64-53(57)44-41-38-35-32-29-26-23-20-17-14-11-8-5-2/h7,10,16,19,24-25,50-51,55H,4-6,8-9,11-15,17-18,20-23,26-49H2,1-3H3,(H,59,60)/b10-7-,19-16-,25-24-. The summed E-state index contributed by atoms with van der Waals surface area (Å²) in [7, 11) is -4.74. The van der Waals surface area contributed by atoms with Crippen molar-refractivity contribution in [3.63, 3.8) is 0 Å². The van der Waals surface area contributed by atoms with Crippen LogP contribution in [0.5, 0.6) is 0 Å². The maximum absolute atomic E-state index is 12.8. The van der Waals surface area contributed by atoms with Crippen molar-refractivity contribution < 1.29 is 52.2 Å². The van der Waals surface area contributed by atoms with Crippen molar-refractivity contribution in [1.82, 2.24) is 0 Å². The normalized spacial score (nSPS) is 13.7. The number of carbonyl (C=O) groups excluding carboxylic acids is 3. The third-order valence-corrected chi connectivity index (χ3v) is 12.5. The zero-order valence-electron chi connectivity index (χ0n) is 42.4. The second-order valence-electron chi connectivity index (χ2n) is 18.0. The van der Waals surface area contributed by atoms with Gasteiger partial charge in [-0.15, -0.1) is 0 Å². The quantitative estimate of drug-likeness (QED) is 0.0197. The van der Waals surface area contributed by atoms with Crippen LogP contribution in [-0.4, -0.2) is 66.5 Å². The number of aliphatic hydroxyl groups excluding tert-OH is 1. The van der Waals surface area contributed by atoms with Crippen LogP contribution in [0, 0.1) is 0 Å². The smallest absolute Gasteiger partial charge is 0.462 e. The van der Waals surface area contributed by atoms with Crippen LogP contribution < -0.4 is 0 Å². The molecule has 0 aliphatic carbocycles. The maximum atomic E-state index is 12.8. The van der Waals surface area contributed by atoms with Crippen molar-refractivity contribution in [3.05, 3.63) is 36.5 Å². The predicted molar refractivity (Wildman–Crippen MR) is 270 cm³/mol. The number of aliphatic hydroxyl groups is 1. The highest BCUT2D eigenvalue weighted by Gasteiger charge is 2.28. The fourth-order valence-electron chi connectivity index (χ4n) is 7.49. The molecule has 2 N–H and O–H groups in total. The number of ether oxygens (including phenoxy) is 3. The van der Waals surface area contributed by atoms with Crippen LogP contribution in [0.3, 0.4) is 0 Å². The van der Waals surface area contributed by atoms with Gasteiger partial charge in [-0.25, -0.2) is 4.57 Å². The first-order valence-corrected chi connectivity index (χ1v) is 28.4. The molecule has 0 heterocycles. The largest absolute Gasteiger partial charge is 0.472 e. The van der Waals surface area contributed by atoms with E-state index in [0.29, 0.717) is 19.3 Å². The van der Waals surface area contributed by atoms with Gasteiger partial charge in [0.05, 0.1) is 19.8 Å². The van der Waals surface area contributed by atoms with Crippen LogP contribution in [0.25, 0.3) is 0 Å². The van der Waals surface area contributed by atoms with Gasteiger partial charge in [-0.05, 0) is 51.4 Å². The molecule has 0 saturated carbocycles. The van der Waals surface area contributed by atoms with Gasteiger partial charge < -0.3 is 24.2 Å². The maximum Gasteiger partial charge on any atom is 0.472 e. The topological polar surface area (TPSA) is 155 Å². The summed E-state index contributed by atoms with van der Waals surface area (Å²) in [5.41, 5.74) is 0. The second-order valence-corrected chi connectivity index (χ2v) is 19.5. The number of unbranched alkanes of at least 4 members (excludes halogenated alkanes) is 27. The van der Waals surface area contributed by atoms with E-state index in [1.54, 1.807) is 0 Å². The molecule has 0 rings (SSSR count). The van der Waals surface area contributed by atoms with Crippen LogP contribution in [0.2, 0.25) is 0 Å². The molecular formula is C54H99O11P. The Morgan fingerprint density at radius 1 is 0.439 bits per heavy atom. The molecule has 11 nitrogen and oxygen atoms in total. The lowest BCUT2D eigenvalue weighted by Gasteiger charge is -2.21. The van der Waals surface area contributed by atoms with Gasteiger partial charge in [0, 0.05) is 19.3 Å². The summed E-state index contributed by atoms with van der Waals surface area (Å²) < 4.78 is 39.4. The molecule has 0 fully saturated rings. The van der Waals surface area contributed by atoms with Gasteiger partial charge in [0.15, 0.2) is 6.10 Å². The van der Waals surface area contributed by atoms with E-state index >= 15 is 0 Å². The summed E-state index contributed by atoms with van der Waals surface area (Å²) >= 11 is 0. The van der Waals surface area contributed by atoms with E-state index in [-0.39, 0.29) is 25.9 Å². The van der Waals surface area contributed by atoms with Gasteiger partial charge in [-0.2, -0.15) is 0 Å². The highest BCUT2D eigenvalue weighted by atomic mass is 31.2. The molecule has 66 heavy (non-hydrogen) atoms. The van der Waals surface area contributed by atoms with Crippen molar-refractivity contribution in [2.24, 2.45) is 0 Å². The molecule has 0 amide bonds. The molecule has 0 aromatic carbocycles. The van der Waals surface area contributed by atoms with E-state index in [2.05, 4.69) is 57.2 Å². The summed E-state index contributed by atoms with van der Waals surface area (Å²) in [4.78, 5) is 48.3. The van der Waals surface area contributed by atoms with Gasteiger partial charge in [0.25, 0.3) is 0 Å². The minimum atomic E-state index is -4.74. The minimum Gasteiger partial charge on any atom is -0.462 e. The Balaban J connectivity index is 4.72. The number of hydrogen-bond donors (Lipinski definition) is 2. The molecule has 0 spiro atoms. The van der Waals surface area contributed by atoms with E-state index in [1.807, 2.05) is 0 Å². The van der Waals surface area contributed by atoms with E-state index in [0.717, 1.165) is 89.9 Å². The van der Waals surface area contributed by atoms with Crippen molar-refractivity contribution >= 4 is 25.7 Å². The third-order valence-electron chi connectivity index (χ3n) is 11.6. The Morgan fingerprint density at radius 3 is 1.21 bits per heavy atom. The number of allylic oxidation sites excluding steroid dienone is 6. The molecule has 386 valence electrons. The van der Waals surface area contributed by atoms with E-state index in [1.165, 1.54) is 103 Å². The van der Waals surface area contributed by atoms with Gasteiger partial charge in [-0.1, -0.05) is 218 Å². The lowest BCUT2D eigenvalue weighted by atomic mass is 10.0. The lowest BCUT2D eigenvalue weighted by Crippen LogP contribution is -2.30. The number of hydrogen-bond acceptors (Lipinski definition) is 10. The molecule has 3 atom stereocenters. The van der Waals surface area contributed by atoms with Crippen LogP contribution in [-0.2, 0) is 42.2 Å². The first-order valence-electron chi connectivity index (χ1n) is 26.9. The number of phosphoric ester groups is 1. The first-order chi connectivity index (χ1) is 32.2. The Bertz CT molecular complexity index is 1250. The average molecular weight is 955 g/mol. The fraction of sp³-hybridized carbons (Fsp3) is 0.833. The Hall–Kier alpha value is -2.30. The Kier molecular flexibility index (Phi) is 47.4. The summed E-state index contributed by atoms with van der Waals surface area (Å²) in [6, 6.07) is 0. The van der Waals surface area contributed by atoms with Crippen LogP contribution in [0.1, 0.15) is 252 Å². The van der Waals surface area contributed by atoms with Crippen LogP contribution >= 0.6 is 7.82 Å². The highest BCUT2D eigenvalue weighted by molar-refractivity contribution is 7.47. The molecule has 3 unspecified atom stereocenters. The average Bonchev–Trinajstić information content (AvgIpc) is 3.30. The summed E-state index contributed by atoms with van der Waals surface area (Å²) in [6.45, 7) is 4.52. The first kappa shape index (κ1) is 63.7. The zero-order chi connectivity index (χ0) is 48.4. The lowest BCUT2D eigenvalue weighted by molar-refractivity contribution is -0.161. The van der Waals surface area contributed by atoms with Gasteiger partial charge in [-0.3, -0.25) is 23.4 Å². The van der Waals surface area contributed by atoms with E-state index in [9.17, 15) is 28.9 Å². The summed E-state index contributed by atoms with van der Waals surface area (Å²) in [5, 5.41) is 9.78. The SMILES string of the molecule is CC/C=C\C/C=C\C/C=C\CCCCCCCC(=O)OC(COC(=O)CCCCCCCCCCCCC)COP(=O)(O)OCC(CO)OC(=O)CCCCCCCCCCCCCCC. The Morgan fingerprint density at radius 2 is 0.788 bits per heavy atom. The molecule has 0 aromatic rings. The molecule has 12 heteroatoms. The van der Waals surface area contributed by atoms with Gasteiger partial charge in [0.1, 0.15) is 12.7 Å². The van der Waals surface area contributed by atoms with Crippen molar-refractivity contribution in [3.8, 4) is 0 Å². The monoisotopic (exact) mass is 955 g/mol. The molecule has 0 aliphatic heterocycles. The molecule has 0 aliphatic rings. The molecule has 0 saturated heterocycles. The molecular weight excluding hydrogens is 856 g/mol. The van der Waals surface area contributed by atoms with Gasteiger partial charge in [0.2, 0.25) is 0 Å².